The van der Waals surface area contributed by atoms with E-state index < -0.39 is 0 Å². The van der Waals surface area contributed by atoms with E-state index in [0.717, 1.165) is 23.5 Å². The van der Waals surface area contributed by atoms with E-state index >= 15 is 0 Å². The van der Waals surface area contributed by atoms with Crippen LogP contribution < -0.4 is 4.74 Å². The van der Waals surface area contributed by atoms with Crippen LogP contribution in [0.5, 0.6) is 5.75 Å². The first-order chi connectivity index (χ1) is 7.48. The van der Waals surface area contributed by atoms with E-state index in [1.54, 1.807) is 7.11 Å². The molecule has 0 aromatic carbocycles. The van der Waals surface area contributed by atoms with Crippen molar-refractivity contribution < 1.29 is 4.74 Å². The summed E-state index contributed by atoms with van der Waals surface area (Å²) in [7, 11) is 1.67. The Labute approximate surface area is 96.1 Å². The SMILES string of the molecule is COc1ccn2cc(CC(C)(C)C)nc2c1. The van der Waals surface area contributed by atoms with Gasteiger partial charge in [0.05, 0.1) is 12.8 Å². The molecule has 3 nitrogen and oxygen atoms in total. The first-order valence-corrected chi connectivity index (χ1v) is 5.49. The Balaban J connectivity index is 2.36. The second kappa shape index (κ2) is 3.81. The van der Waals surface area contributed by atoms with Crippen LogP contribution in [0.4, 0.5) is 0 Å². The molecule has 0 spiro atoms. The molecule has 0 saturated heterocycles. The van der Waals surface area contributed by atoms with Crippen LogP contribution in [0, 0.1) is 5.41 Å². The monoisotopic (exact) mass is 218 g/mol. The molecule has 0 atom stereocenters. The molecular formula is C13H18N2O. The topological polar surface area (TPSA) is 26.5 Å². The minimum absolute atomic E-state index is 0.266. The molecule has 0 aliphatic heterocycles. The van der Waals surface area contributed by atoms with Gasteiger partial charge in [0, 0.05) is 18.5 Å². The third-order valence-corrected chi connectivity index (χ3v) is 2.43. The molecule has 0 unspecified atom stereocenters. The minimum Gasteiger partial charge on any atom is -0.497 e. The van der Waals surface area contributed by atoms with Crippen LogP contribution in [0.1, 0.15) is 26.5 Å². The largest absolute Gasteiger partial charge is 0.497 e. The standard InChI is InChI=1S/C13H18N2O/c1-13(2,3)8-10-9-15-6-5-11(16-4)7-12(15)14-10/h5-7,9H,8H2,1-4H3. The van der Waals surface area contributed by atoms with Crippen molar-refractivity contribution in [3.8, 4) is 5.75 Å². The van der Waals surface area contributed by atoms with Gasteiger partial charge in [-0.25, -0.2) is 4.98 Å². The second-order valence-corrected chi connectivity index (χ2v) is 5.30. The molecule has 0 fully saturated rings. The van der Waals surface area contributed by atoms with E-state index in [-0.39, 0.29) is 5.41 Å². The molecule has 86 valence electrons. The van der Waals surface area contributed by atoms with Crippen molar-refractivity contribution in [1.82, 2.24) is 9.38 Å². The summed E-state index contributed by atoms with van der Waals surface area (Å²) in [5.41, 5.74) is 2.33. The first-order valence-electron chi connectivity index (χ1n) is 5.49. The molecule has 2 aromatic rings. The molecule has 2 aromatic heterocycles. The Morgan fingerprint density at radius 2 is 2.12 bits per heavy atom. The van der Waals surface area contributed by atoms with Crippen molar-refractivity contribution in [1.29, 1.82) is 0 Å². The highest BCUT2D eigenvalue weighted by Crippen LogP contribution is 2.21. The van der Waals surface area contributed by atoms with Gasteiger partial charge in [0.15, 0.2) is 0 Å². The molecule has 0 bridgehead atoms. The van der Waals surface area contributed by atoms with Gasteiger partial charge in [-0.3, -0.25) is 0 Å². The third-order valence-electron chi connectivity index (χ3n) is 2.43. The molecular weight excluding hydrogens is 200 g/mol. The molecule has 0 aliphatic rings. The molecule has 2 rings (SSSR count). The van der Waals surface area contributed by atoms with E-state index in [1.807, 2.05) is 22.7 Å². The fourth-order valence-electron chi connectivity index (χ4n) is 1.77. The number of imidazole rings is 1. The maximum atomic E-state index is 5.18. The summed E-state index contributed by atoms with van der Waals surface area (Å²) >= 11 is 0. The van der Waals surface area contributed by atoms with Crippen molar-refractivity contribution >= 4 is 5.65 Å². The summed E-state index contributed by atoms with van der Waals surface area (Å²) < 4.78 is 7.21. The zero-order valence-corrected chi connectivity index (χ0v) is 10.3. The van der Waals surface area contributed by atoms with Crippen LogP contribution in [0.2, 0.25) is 0 Å². The second-order valence-electron chi connectivity index (χ2n) is 5.30. The Kier molecular flexibility index (Phi) is 2.62. The van der Waals surface area contributed by atoms with Crippen LogP contribution in [-0.4, -0.2) is 16.5 Å². The molecule has 0 saturated carbocycles. The van der Waals surface area contributed by atoms with Gasteiger partial charge in [-0.1, -0.05) is 20.8 Å². The number of nitrogens with zero attached hydrogens (tertiary/aromatic N) is 2. The van der Waals surface area contributed by atoms with Crippen LogP contribution in [0.15, 0.2) is 24.5 Å². The quantitative estimate of drug-likeness (QED) is 0.774. The van der Waals surface area contributed by atoms with Crippen molar-refractivity contribution in [2.45, 2.75) is 27.2 Å². The van der Waals surface area contributed by atoms with E-state index in [1.165, 1.54) is 0 Å². The fraction of sp³-hybridized carbons (Fsp3) is 0.462. The maximum Gasteiger partial charge on any atom is 0.140 e. The Hall–Kier alpha value is -1.51. The molecule has 2 heterocycles. The average Bonchev–Trinajstić information content (AvgIpc) is 2.55. The lowest BCUT2D eigenvalue weighted by Gasteiger charge is -2.15. The van der Waals surface area contributed by atoms with E-state index in [4.69, 9.17) is 4.74 Å². The lowest BCUT2D eigenvalue weighted by Crippen LogP contribution is -2.09. The van der Waals surface area contributed by atoms with Gasteiger partial charge in [-0.15, -0.1) is 0 Å². The molecule has 3 heteroatoms. The number of methoxy groups -OCH3 is 1. The molecule has 0 radical (unpaired) electrons. The summed E-state index contributed by atoms with van der Waals surface area (Å²) in [5, 5.41) is 0. The van der Waals surface area contributed by atoms with Crippen molar-refractivity contribution in [2.24, 2.45) is 5.41 Å². The first kappa shape index (κ1) is 11.0. The van der Waals surface area contributed by atoms with E-state index in [9.17, 15) is 0 Å². The van der Waals surface area contributed by atoms with E-state index in [2.05, 4.69) is 32.0 Å². The number of rotatable bonds is 2. The summed E-state index contributed by atoms with van der Waals surface area (Å²) in [6.45, 7) is 6.66. The Bertz CT molecular complexity index is 494. The third kappa shape index (κ3) is 2.35. The summed E-state index contributed by atoms with van der Waals surface area (Å²) in [6, 6.07) is 3.89. The highest BCUT2D eigenvalue weighted by Gasteiger charge is 2.13. The summed E-state index contributed by atoms with van der Waals surface area (Å²) in [4.78, 5) is 4.59. The van der Waals surface area contributed by atoms with Gasteiger partial charge >= 0.3 is 0 Å². The minimum atomic E-state index is 0.266. The van der Waals surface area contributed by atoms with Gasteiger partial charge in [0.2, 0.25) is 0 Å². The normalized spacial score (nSPS) is 12.0. The summed E-state index contributed by atoms with van der Waals surface area (Å²) in [5.74, 6) is 0.848. The predicted octanol–water partition coefficient (Wildman–Crippen LogP) is 2.93. The summed E-state index contributed by atoms with van der Waals surface area (Å²) in [6.07, 6.45) is 5.05. The number of hydrogen-bond donors (Lipinski definition) is 0. The smallest absolute Gasteiger partial charge is 0.140 e. The number of fused-ring (bicyclic) bond motifs is 1. The number of aromatic nitrogens is 2. The van der Waals surface area contributed by atoms with Gasteiger partial charge in [0.1, 0.15) is 11.4 Å². The van der Waals surface area contributed by atoms with Crippen molar-refractivity contribution in [3.05, 3.63) is 30.2 Å². The highest BCUT2D eigenvalue weighted by molar-refractivity contribution is 5.45. The van der Waals surface area contributed by atoms with Gasteiger partial charge in [-0.2, -0.15) is 0 Å². The molecule has 0 N–H and O–H groups in total. The fourth-order valence-corrected chi connectivity index (χ4v) is 1.77. The molecule has 0 aliphatic carbocycles. The van der Waals surface area contributed by atoms with Crippen LogP contribution in [0.25, 0.3) is 5.65 Å². The maximum absolute atomic E-state index is 5.18. The van der Waals surface area contributed by atoms with Crippen molar-refractivity contribution in [2.75, 3.05) is 7.11 Å². The van der Waals surface area contributed by atoms with Gasteiger partial charge < -0.3 is 9.14 Å². The zero-order chi connectivity index (χ0) is 11.8. The van der Waals surface area contributed by atoms with Gasteiger partial charge in [-0.05, 0) is 17.9 Å². The highest BCUT2D eigenvalue weighted by atomic mass is 16.5. The van der Waals surface area contributed by atoms with Crippen molar-refractivity contribution in [3.63, 3.8) is 0 Å². The number of hydrogen-bond acceptors (Lipinski definition) is 2. The van der Waals surface area contributed by atoms with Crippen LogP contribution in [-0.2, 0) is 6.42 Å². The average molecular weight is 218 g/mol. The van der Waals surface area contributed by atoms with Gasteiger partial charge in [0.25, 0.3) is 0 Å². The zero-order valence-electron chi connectivity index (χ0n) is 10.3. The Morgan fingerprint density at radius 3 is 2.75 bits per heavy atom. The Morgan fingerprint density at radius 1 is 1.38 bits per heavy atom. The molecule has 0 amide bonds. The molecule has 16 heavy (non-hydrogen) atoms. The van der Waals surface area contributed by atoms with Crippen LogP contribution >= 0.6 is 0 Å². The number of ether oxygens (including phenoxy) is 1. The van der Waals surface area contributed by atoms with Crippen LogP contribution in [0.3, 0.4) is 0 Å². The lowest BCUT2D eigenvalue weighted by atomic mass is 9.91. The number of pyridine rings is 1. The lowest BCUT2D eigenvalue weighted by molar-refractivity contribution is 0.407. The van der Waals surface area contributed by atoms with E-state index in [0.29, 0.717) is 0 Å². The predicted molar refractivity (Wildman–Crippen MR) is 64.9 cm³/mol.